The van der Waals surface area contributed by atoms with Crippen molar-refractivity contribution < 1.29 is 25.6 Å². The third-order valence-corrected chi connectivity index (χ3v) is 7.47. The van der Waals surface area contributed by atoms with Gasteiger partial charge in [-0.1, -0.05) is 0 Å². The predicted molar refractivity (Wildman–Crippen MR) is 98.7 cm³/mol. The monoisotopic (exact) mass is 416 g/mol. The van der Waals surface area contributed by atoms with E-state index in [1.54, 1.807) is 19.1 Å². The molecule has 0 saturated heterocycles. The summed E-state index contributed by atoms with van der Waals surface area (Å²) in [6.45, 7) is 1.94. The lowest BCUT2D eigenvalue weighted by molar-refractivity contribution is 0.504. The molecule has 0 bridgehead atoms. The van der Waals surface area contributed by atoms with Crippen LogP contribution in [0.5, 0.6) is 0 Å². The number of aryl methyl sites for hydroxylation is 1. The Morgan fingerprint density at radius 2 is 1.78 bits per heavy atom. The van der Waals surface area contributed by atoms with Gasteiger partial charge in [0.15, 0.2) is 11.6 Å². The lowest BCUT2D eigenvalue weighted by Gasteiger charge is -2.30. The Balaban J connectivity index is 1.92. The first-order valence-corrected chi connectivity index (χ1v) is 11.3. The van der Waals surface area contributed by atoms with Crippen LogP contribution < -0.4 is 9.03 Å². The van der Waals surface area contributed by atoms with Gasteiger partial charge in [0.05, 0.1) is 16.3 Å². The second kappa shape index (κ2) is 7.08. The number of anilines is 2. The number of benzene rings is 2. The average molecular weight is 416 g/mol. The first-order chi connectivity index (χ1) is 12.6. The predicted octanol–water partition coefficient (Wildman–Crippen LogP) is 2.87. The number of fused-ring (bicyclic) bond motifs is 1. The van der Waals surface area contributed by atoms with E-state index in [0.29, 0.717) is 36.7 Å². The van der Waals surface area contributed by atoms with Crippen molar-refractivity contribution >= 4 is 31.4 Å². The minimum absolute atomic E-state index is 0.0308. The van der Waals surface area contributed by atoms with Crippen molar-refractivity contribution in [2.24, 2.45) is 0 Å². The Labute approximate surface area is 156 Å². The molecule has 1 aliphatic heterocycles. The van der Waals surface area contributed by atoms with Gasteiger partial charge in [-0.3, -0.25) is 9.03 Å². The molecule has 0 spiro atoms. The van der Waals surface area contributed by atoms with Crippen LogP contribution in [0, 0.1) is 11.6 Å². The van der Waals surface area contributed by atoms with Gasteiger partial charge in [0.2, 0.25) is 10.0 Å². The summed E-state index contributed by atoms with van der Waals surface area (Å²) < 4.78 is 79.2. The number of halogens is 2. The molecule has 3 rings (SSSR count). The van der Waals surface area contributed by atoms with Gasteiger partial charge in [-0.25, -0.2) is 25.6 Å². The molecule has 1 heterocycles. The SMILES string of the molecule is CCS(=O)(=O)N1CCCc2cc(NS(=O)(=O)c3ccc(F)c(F)c3)ccc21. The summed E-state index contributed by atoms with van der Waals surface area (Å²) in [4.78, 5) is -0.408. The summed E-state index contributed by atoms with van der Waals surface area (Å²) in [6.07, 6.45) is 1.22. The number of hydrogen-bond acceptors (Lipinski definition) is 4. The summed E-state index contributed by atoms with van der Waals surface area (Å²) in [5.74, 6) is -2.43. The molecule has 1 N–H and O–H groups in total. The highest BCUT2D eigenvalue weighted by Gasteiger charge is 2.26. The molecular formula is C17H18F2N2O4S2. The van der Waals surface area contributed by atoms with Gasteiger partial charge in [-0.2, -0.15) is 0 Å². The summed E-state index contributed by atoms with van der Waals surface area (Å²) in [7, 11) is -7.53. The van der Waals surface area contributed by atoms with Crippen LogP contribution in [0.25, 0.3) is 0 Å². The topological polar surface area (TPSA) is 83.6 Å². The van der Waals surface area contributed by atoms with Crippen molar-refractivity contribution in [3.8, 4) is 0 Å². The number of hydrogen-bond donors (Lipinski definition) is 1. The zero-order chi connectivity index (χ0) is 19.8. The molecule has 2 aromatic rings. The average Bonchev–Trinajstić information content (AvgIpc) is 2.62. The van der Waals surface area contributed by atoms with E-state index in [0.717, 1.165) is 12.1 Å². The Kier molecular flexibility index (Phi) is 5.13. The largest absolute Gasteiger partial charge is 0.280 e. The van der Waals surface area contributed by atoms with Crippen LogP contribution in [-0.2, 0) is 26.5 Å². The van der Waals surface area contributed by atoms with Crippen LogP contribution in [0.1, 0.15) is 18.9 Å². The molecule has 0 radical (unpaired) electrons. The highest BCUT2D eigenvalue weighted by atomic mass is 32.2. The van der Waals surface area contributed by atoms with Crippen molar-refractivity contribution in [2.45, 2.75) is 24.7 Å². The van der Waals surface area contributed by atoms with Gasteiger partial charge in [0, 0.05) is 12.2 Å². The van der Waals surface area contributed by atoms with Crippen molar-refractivity contribution in [1.29, 1.82) is 0 Å². The molecule has 10 heteroatoms. The third kappa shape index (κ3) is 3.91. The quantitative estimate of drug-likeness (QED) is 0.812. The van der Waals surface area contributed by atoms with E-state index in [1.165, 1.54) is 10.4 Å². The van der Waals surface area contributed by atoms with Gasteiger partial charge < -0.3 is 0 Å². The zero-order valence-corrected chi connectivity index (χ0v) is 16.1. The van der Waals surface area contributed by atoms with E-state index in [-0.39, 0.29) is 11.4 Å². The number of rotatable bonds is 5. The fourth-order valence-electron chi connectivity index (χ4n) is 2.93. The standard InChI is InChI=1S/C17H18F2N2O4S2/c1-2-26(22,23)21-9-3-4-12-10-13(5-8-17(12)21)20-27(24,25)14-6-7-15(18)16(19)11-14/h5-8,10-11,20H,2-4,9H2,1H3. The summed E-state index contributed by atoms with van der Waals surface area (Å²) in [5.41, 5.74) is 1.44. The van der Waals surface area contributed by atoms with Gasteiger partial charge in [-0.15, -0.1) is 0 Å². The van der Waals surface area contributed by atoms with Crippen LogP contribution in [0.15, 0.2) is 41.3 Å². The fraction of sp³-hybridized carbons (Fsp3) is 0.294. The first-order valence-electron chi connectivity index (χ1n) is 8.25. The first kappa shape index (κ1) is 19.6. The molecule has 2 aromatic carbocycles. The molecule has 27 heavy (non-hydrogen) atoms. The van der Waals surface area contributed by atoms with Gasteiger partial charge in [0.1, 0.15) is 0 Å². The Bertz CT molecular complexity index is 1090. The maximum atomic E-state index is 13.3. The maximum absolute atomic E-state index is 13.3. The fourth-order valence-corrected chi connectivity index (χ4v) is 5.19. The van der Waals surface area contributed by atoms with E-state index >= 15 is 0 Å². The van der Waals surface area contributed by atoms with E-state index in [9.17, 15) is 25.6 Å². The van der Waals surface area contributed by atoms with E-state index in [2.05, 4.69) is 4.72 Å². The molecule has 0 atom stereocenters. The second-order valence-corrected chi connectivity index (χ2v) is 9.97. The molecule has 0 fully saturated rings. The Morgan fingerprint density at radius 1 is 1.04 bits per heavy atom. The van der Waals surface area contributed by atoms with Crippen LogP contribution >= 0.6 is 0 Å². The Morgan fingerprint density at radius 3 is 2.44 bits per heavy atom. The highest BCUT2D eigenvalue weighted by molar-refractivity contribution is 7.93. The van der Waals surface area contributed by atoms with Gasteiger partial charge in [-0.05, 0) is 61.7 Å². The van der Waals surface area contributed by atoms with E-state index in [1.807, 2.05) is 0 Å². The summed E-state index contributed by atoms with van der Waals surface area (Å²) >= 11 is 0. The number of nitrogens with zero attached hydrogens (tertiary/aromatic N) is 1. The maximum Gasteiger partial charge on any atom is 0.261 e. The van der Waals surface area contributed by atoms with Crippen molar-refractivity contribution in [3.05, 3.63) is 53.6 Å². The van der Waals surface area contributed by atoms with Crippen molar-refractivity contribution in [1.82, 2.24) is 0 Å². The molecule has 0 amide bonds. The molecule has 0 aliphatic carbocycles. The van der Waals surface area contributed by atoms with E-state index in [4.69, 9.17) is 0 Å². The highest BCUT2D eigenvalue weighted by Crippen LogP contribution is 2.32. The summed E-state index contributed by atoms with van der Waals surface area (Å²) in [6, 6.07) is 6.86. The smallest absolute Gasteiger partial charge is 0.261 e. The number of sulfonamides is 2. The molecular weight excluding hydrogens is 398 g/mol. The molecule has 0 aromatic heterocycles. The molecule has 1 aliphatic rings. The van der Waals surface area contributed by atoms with Crippen molar-refractivity contribution in [3.63, 3.8) is 0 Å². The van der Waals surface area contributed by atoms with Crippen LogP contribution in [0.2, 0.25) is 0 Å². The zero-order valence-electron chi connectivity index (χ0n) is 14.4. The molecule has 6 nitrogen and oxygen atoms in total. The van der Waals surface area contributed by atoms with Crippen molar-refractivity contribution in [2.75, 3.05) is 21.3 Å². The van der Waals surface area contributed by atoms with Gasteiger partial charge in [0.25, 0.3) is 10.0 Å². The third-order valence-electron chi connectivity index (χ3n) is 4.31. The lowest BCUT2D eigenvalue weighted by Crippen LogP contribution is -2.36. The molecule has 0 saturated carbocycles. The summed E-state index contributed by atoms with van der Waals surface area (Å²) in [5, 5.41) is 0. The van der Waals surface area contributed by atoms with Gasteiger partial charge >= 0.3 is 0 Å². The van der Waals surface area contributed by atoms with Crippen LogP contribution in [-0.4, -0.2) is 29.1 Å². The van der Waals surface area contributed by atoms with E-state index < -0.39 is 36.6 Å². The minimum Gasteiger partial charge on any atom is -0.280 e. The Hall–Kier alpha value is -2.20. The molecule has 146 valence electrons. The minimum atomic E-state index is -4.11. The lowest BCUT2D eigenvalue weighted by atomic mass is 10.0. The second-order valence-electron chi connectivity index (χ2n) is 6.10. The normalized spacial score (nSPS) is 14.7. The number of nitrogens with one attached hydrogen (secondary N) is 1. The van der Waals surface area contributed by atoms with Crippen LogP contribution in [0.4, 0.5) is 20.2 Å². The molecule has 0 unspecified atom stereocenters. The van der Waals surface area contributed by atoms with Crippen LogP contribution in [0.3, 0.4) is 0 Å².